The third-order valence-electron chi connectivity index (χ3n) is 4.00. The first-order chi connectivity index (χ1) is 7.81. The minimum Gasteiger partial charge on any atom is -0.340 e. The van der Waals surface area contributed by atoms with Crippen LogP contribution in [0.2, 0.25) is 0 Å². The molecule has 0 saturated carbocycles. The van der Waals surface area contributed by atoms with E-state index in [9.17, 15) is 4.79 Å². The van der Waals surface area contributed by atoms with Crippen molar-refractivity contribution in [2.24, 2.45) is 0 Å². The first-order valence-corrected chi connectivity index (χ1v) is 6.83. The molecule has 0 aromatic rings. The number of nitrogens with zero attached hydrogens (tertiary/aromatic N) is 2. The number of hydrogen-bond acceptors (Lipinski definition) is 2. The molecule has 1 atom stereocenters. The minimum atomic E-state index is 0.383. The Morgan fingerprint density at radius 3 is 2.50 bits per heavy atom. The van der Waals surface area contributed by atoms with E-state index in [2.05, 4.69) is 16.7 Å². The molecule has 2 heterocycles. The lowest BCUT2D eigenvalue weighted by Crippen LogP contribution is -2.38. The van der Waals surface area contributed by atoms with Gasteiger partial charge in [-0.2, -0.15) is 0 Å². The monoisotopic (exact) mass is 224 g/mol. The maximum Gasteiger partial charge on any atom is 0.222 e. The predicted molar refractivity (Wildman–Crippen MR) is 65.3 cm³/mol. The number of carbonyl (C=O) groups excluding carboxylic acids is 1. The standard InChI is InChI=1S/C13H24N2O/c1-2-12(15-10-5-6-13(15)16)7-11-14-8-3-4-9-14/h12H,2-11H2,1H3. The molecule has 1 amide bonds. The Morgan fingerprint density at radius 1 is 1.19 bits per heavy atom. The van der Waals surface area contributed by atoms with Gasteiger partial charge in [0, 0.05) is 25.6 Å². The van der Waals surface area contributed by atoms with Crippen LogP contribution in [0, 0.1) is 0 Å². The highest BCUT2D eigenvalue weighted by atomic mass is 16.2. The third kappa shape index (κ3) is 2.76. The van der Waals surface area contributed by atoms with Gasteiger partial charge in [0.05, 0.1) is 0 Å². The maximum atomic E-state index is 11.7. The van der Waals surface area contributed by atoms with Crippen LogP contribution in [0.15, 0.2) is 0 Å². The predicted octanol–water partition coefficient (Wildman–Crippen LogP) is 1.87. The van der Waals surface area contributed by atoms with E-state index in [1.807, 2.05) is 0 Å². The van der Waals surface area contributed by atoms with E-state index >= 15 is 0 Å². The summed E-state index contributed by atoms with van der Waals surface area (Å²) in [4.78, 5) is 16.3. The molecule has 0 N–H and O–H groups in total. The quantitative estimate of drug-likeness (QED) is 0.712. The zero-order valence-corrected chi connectivity index (χ0v) is 10.5. The normalized spacial score (nSPS) is 24.3. The van der Waals surface area contributed by atoms with E-state index in [1.165, 1.54) is 38.9 Å². The lowest BCUT2D eigenvalue weighted by molar-refractivity contribution is -0.129. The van der Waals surface area contributed by atoms with E-state index in [0.717, 1.165) is 25.8 Å². The molecule has 2 rings (SSSR count). The van der Waals surface area contributed by atoms with Crippen molar-refractivity contribution in [1.82, 2.24) is 9.80 Å². The Balaban J connectivity index is 1.78. The highest BCUT2D eigenvalue weighted by molar-refractivity contribution is 5.78. The zero-order chi connectivity index (χ0) is 11.4. The summed E-state index contributed by atoms with van der Waals surface area (Å²) >= 11 is 0. The molecule has 2 fully saturated rings. The van der Waals surface area contributed by atoms with Gasteiger partial charge in [-0.1, -0.05) is 6.92 Å². The van der Waals surface area contributed by atoms with Gasteiger partial charge in [-0.3, -0.25) is 4.79 Å². The summed E-state index contributed by atoms with van der Waals surface area (Å²) < 4.78 is 0. The van der Waals surface area contributed by atoms with E-state index < -0.39 is 0 Å². The Morgan fingerprint density at radius 2 is 1.94 bits per heavy atom. The molecular weight excluding hydrogens is 200 g/mol. The fraction of sp³-hybridized carbons (Fsp3) is 0.923. The summed E-state index contributed by atoms with van der Waals surface area (Å²) in [5, 5.41) is 0. The van der Waals surface area contributed by atoms with E-state index in [1.54, 1.807) is 0 Å². The van der Waals surface area contributed by atoms with E-state index in [-0.39, 0.29) is 0 Å². The van der Waals surface area contributed by atoms with Crippen molar-refractivity contribution in [3.63, 3.8) is 0 Å². The van der Waals surface area contributed by atoms with Gasteiger partial charge in [-0.05, 0) is 45.2 Å². The van der Waals surface area contributed by atoms with Crippen LogP contribution in [0.1, 0.15) is 45.4 Å². The van der Waals surface area contributed by atoms with Gasteiger partial charge in [0.2, 0.25) is 5.91 Å². The zero-order valence-electron chi connectivity index (χ0n) is 10.5. The van der Waals surface area contributed by atoms with Crippen molar-refractivity contribution in [2.75, 3.05) is 26.2 Å². The van der Waals surface area contributed by atoms with Crippen LogP contribution in [0.4, 0.5) is 0 Å². The highest BCUT2D eigenvalue weighted by Gasteiger charge is 2.27. The summed E-state index contributed by atoms with van der Waals surface area (Å²) in [6, 6.07) is 0.496. The SMILES string of the molecule is CCC(CCN1CCCC1)N1CCCC1=O. The largest absolute Gasteiger partial charge is 0.340 e. The van der Waals surface area contributed by atoms with Crippen LogP contribution in [0.3, 0.4) is 0 Å². The number of rotatable bonds is 5. The molecule has 0 aliphatic carbocycles. The van der Waals surface area contributed by atoms with Crippen LogP contribution < -0.4 is 0 Å². The van der Waals surface area contributed by atoms with Gasteiger partial charge in [-0.15, -0.1) is 0 Å². The fourth-order valence-corrected chi connectivity index (χ4v) is 2.97. The minimum absolute atomic E-state index is 0.383. The summed E-state index contributed by atoms with van der Waals surface area (Å²) in [6.45, 7) is 6.93. The second-order valence-electron chi connectivity index (χ2n) is 5.09. The van der Waals surface area contributed by atoms with Crippen molar-refractivity contribution in [3.8, 4) is 0 Å². The van der Waals surface area contributed by atoms with Gasteiger partial charge >= 0.3 is 0 Å². The summed E-state index contributed by atoms with van der Waals surface area (Å²) in [7, 11) is 0. The van der Waals surface area contributed by atoms with Crippen molar-refractivity contribution in [2.45, 2.75) is 51.5 Å². The number of hydrogen-bond donors (Lipinski definition) is 0. The summed E-state index contributed by atoms with van der Waals surface area (Å²) in [6.07, 6.45) is 6.85. The van der Waals surface area contributed by atoms with Gasteiger partial charge in [0.15, 0.2) is 0 Å². The molecule has 2 aliphatic heterocycles. The highest BCUT2D eigenvalue weighted by Crippen LogP contribution is 2.19. The molecule has 0 bridgehead atoms. The maximum absolute atomic E-state index is 11.7. The fourth-order valence-electron chi connectivity index (χ4n) is 2.97. The number of amides is 1. The smallest absolute Gasteiger partial charge is 0.222 e. The van der Waals surface area contributed by atoms with Crippen LogP contribution in [0.5, 0.6) is 0 Å². The van der Waals surface area contributed by atoms with Crippen molar-refractivity contribution >= 4 is 5.91 Å². The summed E-state index contributed by atoms with van der Waals surface area (Å²) in [5.74, 6) is 0.383. The van der Waals surface area contributed by atoms with Gasteiger partial charge in [0.25, 0.3) is 0 Å². The molecule has 2 saturated heterocycles. The molecular formula is C13H24N2O. The van der Waals surface area contributed by atoms with Gasteiger partial charge in [0.1, 0.15) is 0 Å². The van der Waals surface area contributed by atoms with Crippen LogP contribution >= 0.6 is 0 Å². The van der Waals surface area contributed by atoms with Gasteiger partial charge in [-0.25, -0.2) is 0 Å². The number of carbonyl (C=O) groups is 1. The van der Waals surface area contributed by atoms with Crippen LogP contribution in [0.25, 0.3) is 0 Å². The first-order valence-electron chi connectivity index (χ1n) is 6.83. The molecule has 3 heteroatoms. The first kappa shape index (κ1) is 11.9. The topological polar surface area (TPSA) is 23.6 Å². The Hall–Kier alpha value is -0.570. The molecule has 0 aromatic carbocycles. The molecule has 92 valence electrons. The Kier molecular flexibility index (Phi) is 4.22. The second-order valence-corrected chi connectivity index (χ2v) is 5.09. The Labute approximate surface area is 98.8 Å². The van der Waals surface area contributed by atoms with E-state index in [0.29, 0.717) is 11.9 Å². The Bertz CT molecular complexity index is 236. The average molecular weight is 224 g/mol. The van der Waals surface area contributed by atoms with Crippen molar-refractivity contribution in [1.29, 1.82) is 0 Å². The number of likely N-dealkylation sites (tertiary alicyclic amines) is 2. The lowest BCUT2D eigenvalue weighted by atomic mass is 10.1. The van der Waals surface area contributed by atoms with E-state index in [4.69, 9.17) is 0 Å². The van der Waals surface area contributed by atoms with Gasteiger partial charge < -0.3 is 9.80 Å². The molecule has 0 radical (unpaired) electrons. The lowest BCUT2D eigenvalue weighted by Gasteiger charge is -2.28. The van der Waals surface area contributed by atoms with Crippen molar-refractivity contribution in [3.05, 3.63) is 0 Å². The third-order valence-corrected chi connectivity index (χ3v) is 4.00. The second kappa shape index (κ2) is 5.67. The van der Waals surface area contributed by atoms with Crippen LogP contribution in [-0.2, 0) is 4.79 Å². The molecule has 0 spiro atoms. The average Bonchev–Trinajstić information content (AvgIpc) is 2.92. The molecule has 3 nitrogen and oxygen atoms in total. The molecule has 16 heavy (non-hydrogen) atoms. The molecule has 0 aromatic heterocycles. The molecule has 2 aliphatic rings. The summed E-state index contributed by atoms with van der Waals surface area (Å²) in [5.41, 5.74) is 0. The van der Waals surface area contributed by atoms with Crippen LogP contribution in [-0.4, -0.2) is 47.9 Å². The molecule has 1 unspecified atom stereocenters. The van der Waals surface area contributed by atoms with Crippen molar-refractivity contribution < 1.29 is 4.79 Å².